The van der Waals surface area contributed by atoms with E-state index in [1.165, 1.54) is 11.1 Å². The predicted molar refractivity (Wildman–Crippen MR) is 88.8 cm³/mol. The highest BCUT2D eigenvalue weighted by Gasteiger charge is 2.24. The van der Waals surface area contributed by atoms with Gasteiger partial charge in [0.1, 0.15) is 5.60 Å². The zero-order valence-corrected chi connectivity index (χ0v) is 14.2. The summed E-state index contributed by atoms with van der Waals surface area (Å²) in [4.78, 5) is 14.3. The van der Waals surface area contributed by atoms with Gasteiger partial charge in [-0.3, -0.25) is 4.90 Å². The third kappa shape index (κ3) is 5.68. The van der Waals surface area contributed by atoms with E-state index in [2.05, 4.69) is 41.4 Å². The highest BCUT2D eigenvalue weighted by molar-refractivity contribution is 5.68. The van der Waals surface area contributed by atoms with Crippen LogP contribution in [0.15, 0.2) is 24.3 Å². The number of alkyl carbamates (subject to hydrolysis) is 1. The van der Waals surface area contributed by atoms with E-state index >= 15 is 0 Å². The lowest BCUT2D eigenvalue weighted by molar-refractivity contribution is 0.0470. The summed E-state index contributed by atoms with van der Waals surface area (Å²) >= 11 is 0. The first-order valence-corrected chi connectivity index (χ1v) is 8.09. The van der Waals surface area contributed by atoms with Gasteiger partial charge in [0.2, 0.25) is 0 Å². The largest absolute Gasteiger partial charge is 0.444 e. The molecule has 1 aliphatic rings. The molecule has 0 bridgehead atoms. The molecule has 2 rings (SSSR count). The van der Waals surface area contributed by atoms with Crippen molar-refractivity contribution in [2.24, 2.45) is 0 Å². The molecule has 0 spiro atoms. The molecule has 1 atom stereocenters. The van der Waals surface area contributed by atoms with E-state index in [1.807, 2.05) is 20.8 Å². The van der Waals surface area contributed by atoms with E-state index in [0.29, 0.717) is 0 Å². The van der Waals surface area contributed by atoms with Crippen LogP contribution in [0.25, 0.3) is 0 Å². The Kier molecular flexibility index (Phi) is 5.46. The molecule has 1 aliphatic heterocycles. The van der Waals surface area contributed by atoms with Crippen LogP contribution in [0.5, 0.6) is 0 Å². The predicted octanol–water partition coefficient (Wildman–Crippen LogP) is 3.48. The van der Waals surface area contributed by atoms with Gasteiger partial charge in [-0.1, -0.05) is 29.8 Å². The number of nitrogens with one attached hydrogen (secondary N) is 1. The van der Waals surface area contributed by atoms with Crippen molar-refractivity contribution in [3.63, 3.8) is 0 Å². The van der Waals surface area contributed by atoms with Crippen LogP contribution in [0.4, 0.5) is 4.79 Å². The van der Waals surface area contributed by atoms with Crippen molar-refractivity contribution in [2.75, 3.05) is 13.1 Å². The maximum absolute atomic E-state index is 11.9. The van der Waals surface area contributed by atoms with E-state index in [4.69, 9.17) is 4.74 Å². The van der Waals surface area contributed by atoms with Crippen LogP contribution in [0.3, 0.4) is 0 Å². The van der Waals surface area contributed by atoms with Crippen molar-refractivity contribution >= 4 is 6.09 Å². The van der Waals surface area contributed by atoms with Crippen LogP contribution in [0, 0.1) is 6.92 Å². The molecule has 0 radical (unpaired) electrons. The fraction of sp³-hybridized carbons (Fsp3) is 0.611. The number of nitrogens with zero attached hydrogens (tertiary/aromatic N) is 1. The Morgan fingerprint density at radius 3 is 2.86 bits per heavy atom. The molecule has 0 aliphatic carbocycles. The number of piperidine rings is 1. The molecule has 1 fully saturated rings. The van der Waals surface area contributed by atoms with Crippen molar-refractivity contribution in [1.82, 2.24) is 10.2 Å². The molecule has 1 N–H and O–H groups in total. The number of carbonyl (C=O) groups excluding carboxylic acids is 1. The number of carbonyl (C=O) groups is 1. The first-order chi connectivity index (χ1) is 10.3. The molecule has 1 saturated heterocycles. The standard InChI is InChI=1S/C18H28N2O2/c1-14-7-5-8-15(11-14)12-20-10-6-9-16(13-20)19-17(21)22-18(2,3)4/h5,7-8,11,16H,6,9-10,12-13H2,1-4H3,(H,19,21). The van der Waals surface area contributed by atoms with Gasteiger partial charge in [0.25, 0.3) is 0 Å². The van der Waals surface area contributed by atoms with Gasteiger partial charge in [-0.05, 0) is 52.6 Å². The molecule has 0 aromatic heterocycles. The van der Waals surface area contributed by atoms with Crippen molar-refractivity contribution in [3.8, 4) is 0 Å². The zero-order chi connectivity index (χ0) is 16.2. The average Bonchev–Trinajstić information content (AvgIpc) is 2.36. The molecule has 1 amide bonds. The van der Waals surface area contributed by atoms with E-state index < -0.39 is 5.60 Å². The number of hydrogen-bond donors (Lipinski definition) is 1. The minimum Gasteiger partial charge on any atom is -0.444 e. The number of ether oxygens (including phenoxy) is 1. The number of benzene rings is 1. The highest BCUT2D eigenvalue weighted by atomic mass is 16.6. The normalized spacial score (nSPS) is 19.7. The fourth-order valence-electron chi connectivity index (χ4n) is 2.86. The molecule has 1 unspecified atom stereocenters. The highest BCUT2D eigenvalue weighted by Crippen LogP contribution is 2.15. The molecule has 1 aromatic rings. The Morgan fingerprint density at radius 1 is 1.41 bits per heavy atom. The third-order valence-electron chi connectivity index (χ3n) is 3.72. The number of amides is 1. The number of likely N-dealkylation sites (tertiary alicyclic amines) is 1. The minimum atomic E-state index is -0.444. The maximum atomic E-state index is 11.9. The smallest absolute Gasteiger partial charge is 0.407 e. The molecule has 0 saturated carbocycles. The number of aryl methyl sites for hydroxylation is 1. The van der Waals surface area contributed by atoms with Crippen LogP contribution in [-0.4, -0.2) is 35.7 Å². The molecule has 1 aromatic carbocycles. The first-order valence-electron chi connectivity index (χ1n) is 8.09. The summed E-state index contributed by atoms with van der Waals surface area (Å²) in [6.07, 6.45) is 1.81. The van der Waals surface area contributed by atoms with Crippen molar-refractivity contribution in [1.29, 1.82) is 0 Å². The second-order valence-electron chi connectivity index (χ2n) is 7.21. The van der Waals surface area contributed by atoms with Gasteiger partial charge in [0.15, 0.2) is 0 Å². The van der Waals surface area contributed by atoms with Gasteiger partial charge in [0.05, 0.1) is 0 Å². The monoisotopic (exact) mass is 304 g/mol. The molecule has 122 valence electrons. The molecule has 22 heavy (non-hydrogen) atoms. The summed E-state index contributed by atoms with van der Waals surface area (Å²) in [5.41, 5.74) is 2.18. The first kappa shape index (κ1) is 16.8. The topological polar surface area (TPSA) is 41.6 Å². The van der Waals surface area contributed by atoms with Crippen LogP contribution in [0.2, 0.25) is 0 Å². The van der Waals surface area contributed by atoms with Crippen LogP contribution < -0.4 is 5.32 Å². The Bertz CT molecular complexity index is 508. The second-order valence-corrected chi connectivity index (χ2v) is 7.21. The van der Waals surface area contributed by atoms with Crippen LogP contribution in [0.1, 0.15) is 44.7 Å². The van der Waals surface area contributed by atoms with Crippen molar-refractivity contribution in [3.05, 3.63) is 35.4 Å². The third-order valence-corrected chi connectivity index (χ3v) is 3.72. The van der Waals surface area contributed by atoms with E-state index in [0.717, 1.165) is 32.5 Å². The summed E-state index contributed by atoms with van der Waals surface area (Å²) in [5, 5.41) is 3.00. The lowest BCUT2D eigenvalue weighted by Gasteiger charge is -2.33. The Morgan fingerprint density at radius 2 is 2.18 bits per heavy atom. The Balaban J connectivity index is 1.85. The lowest BCUT2D eigenvalue weighted by atomic mass is 10.0. The van der Waals surface area contributed by atoms with Gasteiger partial charge in [-0.25, -0.2) is 4.79 Å². The molecule has 4 heteroatoms. The van der Waals surface area contributed by atoms with Crippen LogP contribution in [-0.2, 0) is 11.3 Å². The lowest BCUT2D eigenvalue weighted by Crippen LogP contribution is -2.48. The average molecular weight is 304 g/mol. The summed E-state index contributed by atoms with van der Waals surface area (Å²) in [6.45, 7) is 10.7. The molecule has 4 nitrogen and oxygen atoms in total. The minimum absolute atomic E-state index is 0.174. The van der Waals surface area contributed by atoms with E-state index in [1.54, 1.807) is 0 Å². The summed E-state index contributed by atoms with van der Waals surface area (Å²) in [7, 11) is 0. The molecular weight excluding hydrogens is 276 g/mol. The zero-order valence-electron chi connectivity index (χ0n) is 14.2. The quantitative estimate of drug-likeness (QED) is 0.929. The van der Waals surface area contributed by atoms with Gasteiger partial charge >= 0.3 is 6.09 Å². The fourth-order valence-corrected chi connectivity index (χ4v) is 2.86. The summed E-state index contributed by atoms with van der Waals surface area (Å²) < 4.78 is 5.34. The number of rotatable bonds is 3. The number of hydrogen-bond acceptors (Lipinski definition) is 3. The van der Waals surface area contributed by atoms with Gasteiger partial charge < -0.3 is 10.1 Å². The van der Waals surface area contributed by atoms with Crippen molar-refractivity contribution in [2.45, 2.75) is 58.7 Å². The second kappa shape index (κ2) is 7.14. The maximum Gasteiger partial charge on any atom is 0.407 e. The van der Waals surface area contributed by atoms with E-state index in [9.17, 15) is 4.79 Å². The summed E-state index contributed by atoms with van der Waals surface area (Å²) in [6, 6.07) is 8.79. The SMILES string of the molecule is Cc1cccc(CN2CCCC(NC(=O)OC(C)(C)C)C2)c1. The molecular formula is C18H28N2O2. The van der Waals surface area contributed by atoms with Gasteiger partial charge in [0, 0.05) is 19.1 Å². The van der Waals surface area contributed by atoms with Gasteiger partial charge in [-0.15, -0.1) is 0 Å². The Labute approximate surface area is 133 Å². The van der Waals surface area contributed by atoms with Crippen LogP contribution >= 0.6 is 0 Å². The summed E-state index contributed by atoms with van der Waals surface area (Å²) in [5.74, 6) is 0. The van der Waals surface area contributed by atoms with E-state index in [-0.39, 0.29) is 12.1 Å². The van der Waals surface area contributed by atoms with Gasteiger partial charge in [-0.2, -0.15) is 0 Å². The Hall–Kier alpha value is -1.55. The molecule has 1 heterocycles. The van der Waals surface area contributed by atoms with Crippen molar-refractivity contribution < 1.29 is 9.53 Å².